The van der Waals surface area contributed by atoms with E-state index in [1.165, 1.54) is 31.3 Å². The number of ether oxygens (including phenoxy) is 1. The van der Waals surface area contributed by atoms with Gasteiger partial charge in [0.25, 0.3) is 17.4 Å². The molecule has 2 N–H and O–H groups in total. The van der Waals surface area contributed by atoms with Crippen molar-refractivity contribution in [3.63, 3.8) is 0 Å². The van der Waals surface area contributed by atoms with E-state index in [0.29, 0.717) is 17.0 Å². The Morgan fingerprint density at radius 1 is 1.39 bits per heavy atom. The van der Waals surface area contributed by atoms with Crippen LogP contribution >= 0.6 is 0 Å². The van der Waals surface area contributed by atoms with E-state index in [-0.39, 0.29) is 5.82 Å². The first-order valence-corrected chi connectivity index (χ1v) is 6.93. The largest absolute Gasteiger partial charge is 0.464 e. The molecule has 0 aliphatic carbocycles. The van der Waals surface area contributed by atoms with Gasteiger partial charge < -0.3 is 15.4 Å². The molecule has 0 fully saturated rings. The van der Waals surface area contributed by atoms with Gasteiger partial charge in [-0.2, -0.15) is 0 Å². The maximum atomic E-state index is 13.1. The highest BCUT2D eigenvalue weighted by molar-refractivity contribution is 6.18. The van der Waals surface area contributed by atoms with Crippen LogP contribution in [0.2, 0.25) is 0 Å². The number of pyridine rings is 1. The number of fused-ring (bicyclic) bond motifs is 1. The summed E-state index contributed by atoms with van der Waals surface area (Å²) in [4.78, 5) is 28.8. The molecule has 1 atom stereocenters. The Hall–Kier alpha value is -2.96. The van der Waals surface area contributed by atoms with E-state index in [4.69, 9.17) is 4.74 Å². The van der Waals surface area contributed by atoms with Crippen LogP contribution < -0.4 is 15.4 Å². The summed E-state index contributed by atoms with van der Waals surface area (Å²) in [5.41, 5.74) is -0.803. The average molecular weight is 315 g/mol. The molecule has 6 nitrogen and oxygen atoms in total. The number of anilines is 2. The van der Waals surface area contributed by atoms with Crippen LogP contribution in [0.3, 0.4) is 0 Å². The lowest BCUT2D eigenvalue weighted by Crippen LogP contribution is -2.56. The van der Waals surface area contributed by atoms with Gasteiger partial charge in [0.2, 0.25) is 0 Å². The third-order valence-corrected chi connectivity index (χ3v) is 3.62. The number of rotatable bonds is 2. The molecule has 2 aromatic rings. The van der Waals surface area contributed by atoms with Gasteiger partial charge in [0.05, 0.1) is 0 Å². The van der Waals surface area contributed by atoms with Crippen LogP contribution in [0.15, 0.2) is 36.5 Å². The first kappa shape index (κ1) is 15.0. The number of halogens is 1. The minimum Gasteiger partial charge on any atom is -0.464 e. The van der Waals surface area contributed by atoms with Crippen molar-refractivity contribution in [1.82, 2.24) is 4.98 Å². The number of carbonyl (C=O) groups excluding carboxylic acids is 2. The predicted octanol–water partition coefficient (Wildman–Crippen LogP) is 2.26. The van der Waals surface area contributed by atoms with Gasteiger partial charge in [-0.25, -0.2) is 9.37 Å². The Labute approximate surface area is 131 Å². The fourth-order valence-corrected chi connectivity index (χ4v) is 2.22. The minimum atomic E-state index is -1.75. The number of nitrogens with zero attached hydrogens (tertiary/aromatic N) is 1. The molecule has 0 bridgehead atoms. The fourth-order valence-electron chi connectivity index (χ4n) is 2.22. The highest BCUT2D eigenvalue weighted by atomic mass is 19.1. The van der Waals surface area contributed by atoms with E-state index >= 15 is 0 Å². The standard InChI is InChI=1S/C16H14FN3O3/c1-9-8-10(17)5-6-11(9)19-14(21)16(2)15(22)20-13-12(23-16)4-3-7-18-13/h3-8H,1-2H3,(H,19,21)(H,18,20,22)/t16-/m1/s1. The zero-order chi connectivity index (χ0) is 16.6. The Bertz CT molecular complexity index is 809. The van der Waals surface area contributed by atoms with Crippen molar-refractivity contribution < 1.29 is 18.7 Å². The van der Waals surface area contributed by atoms with Gasteiger partial charge in [-0.3, -0.25) is 9.59 Å². The zero-order valence-corrected chi connectivity index (χ0v) is 12.5. The van der Waals surface area contributed by atoms with Crippen molar-refractivity contribution in [2.75, 3.05) is 10.6 Å². The quantitative estimate of drug-likeness (QED) is 0.833. The van der Waals surface area contributed by atoms with Crippen molar-refractivity contribution in [2.24, 2.45) is 0 Å². The van der Waals surface area contributed by atoms with Crippen LogP contribution in [0.25, 0.3) is 0 Å². The van der Waals surface area contributed by atoms with Crippen LogP contribution in [-0.4, -0.2) is 22.4 Å². The summed E-state index contributed by atoms with van der Waals surface area (Å²) in [6.07, 6.45) is 1.51. The summed E-state index contributed by atoms with van der Waals surface area (Å²) < 4.78 is 18.7. The van der Waals surface area contributed by atoms with Gasteiger partial charge >= 0.3 is 0 Å². The molecule has 0 spiro atoms. The van der Waals surface area contributed by atoms with Crippen molar-refractivity contribution in [1.29, 1.82) is 0 Å². The maximum Gasteiger partial charge on any atom is 0.279 e. The summed E-state index contributed by atoms with van der Waals surface area (Å²) >= 11 is 0. The topological polar surface area (TPSA) is 80.3 Å². The van der Waals surface area contributed by atoms with E-state index in [9.17, 15) is 14.0 Å². The number of carbonyl (C=O) groups is 2. The first-order chi connectivity index (χ1) is 10.9. The molecule has 2 heterocycles. The molecule has 1 aromatic carbocycles. The zero-order valence-electron chi connectivity index (χ0n) is 12.5. The molecule has 118 valence electrons. The molecule has 3 rings (SSSR count). The summed E-state index contributed by atoms with van der Waals surface area (Å²) in [6.45, 7) is 3.02. The van der Waals surface area contributed by atoms with Gasteiger partial charge in [-0.15, -0.1) is 0 Å². The third-order valence-electron chi connectivity index (χ3n) is 3.62. The smallest absolute Gasteiger partial charge is 0.279 e. The lowest BCUT2D eigenvalue weighted by Gasteiger charge is -2.32. The summed E-state index contributed by atoms with van der Waals surface area (Å²) in [6, 6.07) is 7.20. The van der Waals surface area contributed by atoms with Crippen LogP contribution in [0, 0.1) is 12.7 Å². The number of amides is 2. The highest BCUT2D eigenvalue weighted by Gasteiger charge is 2.47. The summed E-state index contributed by atoms with van der Waals surface area (Å²) in [5.74, 6) is -1.11. The molecule has 0 radical (unpaired) electrons. The van der Waals surface area contributed by atoms with Gasteiger partial charge in [0.1, 0.15) is 5.82 Å². The highest BCUT2D eigenvalue weighted by Crippen LogP contribution is 2.32. The van der Waals surface area contributed by atoms with E-state index in [0.717, 1.165) is 0 Å². The van der Waals surface area contributed by atoms with E-state index in [1.807, 2.05) is 0 Å². The number of nitrogens with one attached hydrogen (secondary N) is 2. The molecule has 2 amide bonds. The third kappa shape index (κ3) is 2.61. The number of benzene rings is 1. The molecule has 0 unspecified atom stereocenters. The Morgan fingerprint density at radius 2 is 2.17 bits per heavy atom. The van der Waals surface area contributed by atoms with Crippen LogP contribution in [-0.2, 0) is 9.59 Å². The van der Waals surface area contributed by atoms with Crippen molar-refractivity contribution in [2.45, 2.75) is 19.4 Å². The van der Waals surface area contributed by atoms with E-state index in [2.05, 4.69) is 15.6 Å². The van der Waals surface area contributed by atoms with Crippen LogP contribution in [0.4, 0.5) is 15.9 Å². The lowest BCUT2D eigenvalue weighted by molar-refractivity contribution is -0.143. The fraction of sp³-hybridized carbons (Fsp3) is 0.188. The molecule has 1 aliphatic heterocycles. The number of aromatic nitrogens is 1. The summed E-state index contributed by atoms with van der Waals surface area (Å²) in [5, 5.41) is 5.14. The molecular weight excluding hydrogens is 301 g/mol. The monoisotopic (exact) mass is 315 g/mol. The second-order valence-corrected chi connectivity index (χ2v) is 5.35. The van der Waals surface area contributed by atoms with Gasteiger partial charge in [0.15, 0.2) is 11.6 Å². The van der Waals surface area contributed by atoms with Crippen molar-refractivity contribution in [3.8, 4) is 5.75 Å². The Balaban J connectivity index is 1.88. The lowest BCUT2D eigenvalue weighted by atomic mass is 10.0. The Kier molecular flexibility index (Phi) is 3.48. The molecule has 0 saturated carbocycles. The number of aryl methyl sites for hydroxylation is 1. The normalized spacial score (nSPS) is 19.3. The summed E-state index contributed by atoms with van der Waals surface area (Å²) in [7, 11) is 0. The number of hydrogen-bond donors (Lipinski definition) is 2. The first-order valence-electron chi connectivity index (χ1n) is 6.93. The van der Waals surface area contributed by atoms with Gasteiger partial charge in [-0.1, -0.05) is 0 Å². The predicted molar refractivity (Wildman–Crippen MR) is 81.7 cm³/mol. The van der Waals surface area contributed by atoms with Crippen LogP contribution in [0.1, 0.15) is 12.5 Å². The molecule has 7 heteroatoms. The average Bonchev–Trinajstić information content (AvgIpc) is 2.51. The Morgan fingerprint density at radius 3 is 2.91 bits per heavy atom. The second-order valence-electron chi connectivity index (χ2n) is 5.35. The molecule has 23 heavy (non-hydrogen) atoms. The van der Waals surface area contributed by atoms with E-state index in [1.54, 1.807) is 19.1 Å². The maximum absolute atomic E-state index is 13.1. The molecular formula is C16H14FN3O3. The van der Waals surface area contributed by atoms with Crippen molar-refractivity contribution >= 4 is 23.3 Å². The van der Waals surface area contributed by atoms with Gasteiger partial charge in [0, 0.05) is 11.9 Å². The minimum absolute atomic E-state index is 0.265. The number of hydrogen-bond acceptors (Lipinski definition) is 4. The molecule has 1 aliphatic rings. The van der Waals surface area contributed by atoms with Crippen molar-refractivity contribution in [3.05, 3.63) is 47.9 Å². The molecule has 1 aromatic heterocycles. The second kappa shape index (κ2) is 5.35. The van der Waals surface area contributed by atoms with Crippen LogP contribution in [0.5, 0.6) is 5.75 Å². The SMILES string of the molecule is Cc1cc(F)ccc1NC(=O)[C@@]1(C)Oc2cccnc2NC1=O. The molecule has 0 saturated heterocycles. The van der Waals surface area contributed by atoms with E-state index < -0.39 is 23.2 Å². The van der Waals surface area contributed by atoms with Gasteiger partial charge in [-0.05, 0) is 49.7 Å².